The molecule has 2 aliphatic heterocycles. The van der Waals surface area contributed by atoms with Gasteiger partial charge in [-0.15, -0.1) is 0 Å². The highest BCUT2D eigenvalue weighted by atomic mass is 19.4. The summed E-state index contributed by atoms with van der Waals surface area (Å²) in [6, 6.07) is -1.39. The van der Waals surface area contributed by atoms with Crippen LogP contribution in [-0.4, -0.2) is 92.3 Å². The van der Waals surface area contributed by atoms with Crippen molar-refractivity contribution in [3.8, 4) is 0 Å². The molecule has 2 fully saturated rings. The third-order valence-electron chi connectivity index (χ3n) is 5.62. The minimum absolute atomic E-state index is 0.410. The Hall–Kier alpha value is -1.02. The summed E-state index contributed by atoms with van der Waals surface area (Å²) in [5.41, 5.74) is 0. The number of nitrogens with one attached hydrogen (secondary N) is 1. The average molecular weight is 392 g/mol. The Morgan fingerprint density at radius 1 is 1.11 bits per heavy atom. The zero-order valence-electron chi connectivity index (χ0n) is 17.2. The van der Waals surface area contributed by atoms with Crippen molar-refractivity contribution in [2.45, 2.75) is 45.8 Å². The first kappa shape index (κ1) is 22.3. The lowest BCUT2D eigenvalue weighted by Crippen LogP contribution is -2.57. The number of piperidine rings is 1. The summed E-state index contributed by atoms with van der Waals surface area (Å²) in [6.07, 6.45) is -1.72. The Kier molecular flexibility index (Phi) is 8.21. The second-order valence-electron chi connectivity index (χ2n) is 8.33. The number of guanidine groups is 1. The molecule has 0 amide bonds. The maximum absolute atomic E-state index is 12.9. The van der Waals surface area contributed by atoms with Gasteiger partial charge in [0.05, 0.1) is 0 Å². The van der Waals surface area contributed by atoms with Crippen molar-refractivity contribution in [1.82, 2.24) is 20.0 Å². The monoisotopic (exact) mass is 391 g/mol. The van der Waals surface area contributed by atoms with Gasteiger partial charge in [-0.1, -0.05) is 13.8 Å². The first-order chi connectivity index (χ1) is 12.7. The van der Waals surface area contributed by atoms with Crippen molar-refractivity contribution in [2.24, 2.45) is 16.8 Å². The lowest BCUT2D eigenvalue weighted by molar-refractivity contribution is -0.181. The number of rotatable bonds is 5. The van der Waals surface area contributed by atoms with Gasteiger partial charge < -0.3 is 15.1 Å². The molecule has 0 aliphatic carbocycles. The van der Waals surface area contributed by atoms with Crippen molar-refractivity contribution in [2.75, 3.05) is 59.4 Å². The van der Waals surface area contributed by atoms with Gasteiger partial charge in [-0.3, -0.25) is 9.89 Å². The van der Waals surface area contributed by atoms with E-state index in [1.54, 1.807) is 7.05 Å². The summed E-state index contributed by atoms with van der Waals surface area (Å²) < 4.78 is 38.7. The normalized spacial score (nSPS) is 25.1. The van der Waals surface area contributed by atoms with E-state index in [1.807, 2.05) is 0 Å². The number of alkyl halides is 3. The smallest absolute Gasteiger partial charge is 0.356 e. The molecule has 2 unspecified atom stereocenters. The molecule has 0 spiro atoms. The van der Waals surface area contributed by atoms with Gasteiger partial charge in [0.25, 0.3) is 0 Å². The van der Waals surface area contributed by atoms with Crippen LogP contribution in [0.25, 0.3) is 0 Å². The molecule has 0 aromatic heterocycles. The Balaban J connectivity index is 1.78. The van der Waals surface area contributed by atoms with Crippen molar-refractivity contribution in [1.29, 1.82) is 0 Å². The topological polar surface area (TPSA) is 34.1 Å². The molecular weight excluding hydrogens is 355 g/mol. The minimum Gasteiger partial charge on any atom is -0.356 e. The van der Waals surface area contributed by atoms with Crippen molar-refractivity contribution < 1.29 is 13.2 Å². The molecule has 0 bridgehead atoms. The van der Waals surface area contributed by atoms with E-state index in [0.717, 1.165) is 25.6 Å². The third kappa shape index (κ3) is 6.82. The Morgan fingerprint density at radius 2 is 1.78 bits per heavy atom. The predicted molar refractivity (Wildman–Crippen MR) is 104 cm³/mol. The predicted octanol–water partition coefficient (Wildman–Crippen LogP) is 2.50. The fourth-order valence-electron chi connectivity index (χ4n) is 4.10. The molecule has 0 aromatic carbocycles. The number of halogens is 3. The van der Waals surface area contributed by atoms with Crippen LogP contribution in [0.3, 0.4) is 0 Å². The molecule has 2 rings (SSSR count). The fraction of sp³-hybridized carbons (Fsp3) is 0.947. The van der Waals surface area contributed by atoms with E-state index in [4.69, 9.17) is 0 Å². The van der Waals surface area contributed by atoms with E-state index in [9.17, 15) is 13.2 Å². The molecule has 0 radical (unpaired) electrons. The summed E-state index contributed by atoms with van der Waals surface area (Å²) in [5.74, 6) is 2.09. The van der Waals surface area contributed by atoms with Crippen molar-refractivity contribution in [3.63, 3.8) is 0 Å². The molecule has 5 nitrogen and oxygen atoms in total. The van der Waals surface area contributed by atoms with Gasteiger partial charge >= 0.3 is 6.18 Å². The maximum Gasteiger partial charge on any atom is 0.403 e. The molecule has 0 aromatic rings. The van der Waals surface area contributed by atoms with Gasteiger partial charge in [0, 0.05) is 52.9 Å². The van der Waals surface area contributed by atoms with Crippen LogP contribution in [0.15, 0.2) is 4.99 Å². The largest absolute Gasteiger partial charge is 0.403 e. The van der Waals surface area contributed by atoms with Gasteiger partial charge in [-0.2, -0.15) is 13.2 Å². The standard InChI is InChI=1S/C19H36F3N5/c1-15(2)13-25-7-5-6-17(14-25)12-24-18(23-4)27-10-8-26(9-11-27)16(3)19(20,21)22/h15-17H,5-14H2,1-4H3,(H,23,24). The Bertz CT molecular complexity index is 472. The first-order valence-electron chi connectivity index (χ1n) is 10.2. The highest BCUT2D eigenvalue weighted by Crippen LogP contribution is 2.25. The zero-order valence-corrected chi connectivity index (χ0v) is 17.2. The molecule has 2 aliphatic rings. The van der Waals surface area contributed by atoms with E-state index in [-0.39, 0.29) is 0 Å². The number of aliphatic imine (C=N–C) groups is 1. The van der Waals surface area contributed by atoms with Crippen LogP contribution < -0.4 is 5.32 Å². The highest BCUT2D eigenvalue weighted by Gasteiger charge is 2.41. The maximum atomic E-state index is 12.9. The summed E-state index contributed by atoms with van der Waals surface area (Å²) in [6.45, 7) is 12.0. The number of likely N-dealkylation sites (tertiary alicyclic amines) is 1. The van der Waals surface area contributed by atoms with Crippen LogP contribution in [0.5, 0.6) is 0 Å². The van der Waals surface area contributed by atoms with Crippen LogP contribution in [0, 0.1) is 11.8 Å². The van der Waals surface area contributed by atoms with Crippen LogP contribution in [0.2, 0.25) is 0 Å². The fourth-order valence-corrected chi connectivity index (χ4v) is 4.10. The van der Waals surface area contributed by atoms with Gasteiger partial charge in [0.2, 0.25) is 0 Å². The molecule has 2 atom stereocenters. The van der Waals surface area contributed by atoms with Crippen molar-refractivity contribution in [3.05, 3.63) is 0 Å². The van der Waals surface area contributed by atoms with Crippen LogP contribution >= 0.6 is 0 Å². The molecular formula is C19H36F3N5. The van der Waals surface area contributed by atoms with Gasteiger partial charge in [0.1, 0.15) is 6.04 Å². The SMILES string of the molecule is CN=C(NCC1CCCN(CC(C)C)C1)N1CCN(C(C)C(F)(F)F)CC1. The van der Waals surface area contributed by atoms with E-state index in [0.29, 0.717) is 38.0 Å². The molecule has 1 N–H and O–H groups in total. The van der Waals surface area contributed by atoms with Crippen LogP contribution in [0.1, 0.15) is 33.6 Å². The summed E-state index contributed by atoms with van der Waals surface area (Å²) in [5, 5.41) is 3.47. The second-order valence-corrected chi connectivity index (χ2v) is 8.33. The quantitative estimate of drug-likeness (QED) is 0.577. The molecule has 0 saturated carbocycles. The Labute approximate surface area is 162 Å². The summed E-state index contributed by atoms with van der Waals surface area (Å²) in [4.78, 5) is 10.5. The third-order valence-corrected chi connectivity index (χ3v) is 5.62. The van der Waals surface area contributed by atoms with E-state index in [2.05, 4.69) is 34.0 Å². The Morgan fingerprint density at radius 3 is 2.33 bits per heavy atom. The molecule has 2 saturated heterocycles. The number of nitrogens with zero attached hydrogens (tertiary/aromatic N) is 4. The molecule has 27 heavy (non-hydrogen) atoms. The molecule has 2 heterocycles. The number of hydrogen-bond acceptors (Lipinski definition) is 3. The van der Waals surface area contributed by atoms with E-state index in [1.165, 1.54) is 31.2 Å². The lowest BCUT2D eigenvalue weighted by Gasteiger charge is -2.40. The van der Waals surface area contributed by atoms with Crippen LogP contribution in [0.4, 0.5) is 13.2 Å². The lowest BCUT2D eigenvalue weighted by atomic mass is 9.97. The minimum atomic E-state index is -4.16. The number of hydrogen-bond donors (Lipinski definition) is 1. The molecule has 158 valence electrons. The number of piperazine rings is 1. The second kappa shape index (κ2) is 9.96. The average Bonchev–Trinajstić information content (AvgIpc) is 2.61. The van der Waals surface area contributed by atoms with Crippen LogP contribution in [-0.2, 0) is 0 Å². The zero-order chi connectivity index (χ0) is 20.0. The highest BCUT2D eigenvalue weighted by molar-refractivity contribution is 5.80. The first-order valence-corrected chi connectivity index (χ1v) is 10.2. The summed E-state index contributed by atoms with van der Waals surface area (Å²) in [7, 11) is 1.75. The van der Waals surface area contributed by atoms with Crippen molar-refractivity contribution >= 4 is 5.96 Å². The summed E-state index contributed by atoms with van der Waals surface area (Å²) >= 11 is 0. The van der Waals surface area contributed by atoms with E-state index >= 15 is 0 Å². The van der Waals surface area contributed by atoms with Gasteiger partial charge in [-0.05, 0) is 38.1 Å². The van der Waals surface area contributed by atoms with Gasteiger partial charge in [0.15, 0.2) is 5.96 Å². The van der Waals surface area contributed by atoms with E-state index < -0.39 is 12.2 Å². The molecule has 8 heteroatoms. The van der Waals surface area contributed by atoms with Gasteiger partial charge in [-0.25, -0.2) is 0 Å².